The molecule has 150 valence electrons. The van der Waals surface area contributed by atoms with E-state index in [1.54, 1.807) is 39.0 Å². The van der Waals surface area contributed by atoms with Crippen LogP contribution < -0.4 is 16.1 Å². The highest BCUT2D eigenvalue weighted by Gasteiger charge is 2.18. The number of amides is 2. The molecule has 0 aliphatic rings. The van der Waals surface area contributed by atoms with Gasteiger partial charge in [0.25, 0.3) is 5.91 Å². The molecule has 29 heavy (non-hydrogen) atoms. The van der Waals surface area contributed by atoms with Gasteiger partial charge >= 0.3 is 0 Å². The van der Waals surface area contributed by atoms with Crippen molar-refractivity contribution < 1.29 is 14.0 Å². The summed E-state index contributed by atoms with van der Waals surface area (Å²) in [7, 11) is 0. The van der Waals surface area contributed by atoms with Crippen LogP contribution in [0.4, 0.5) is 0 Å². The first-order chi connectivity index (χ1) is 13.9. The van der Waals surface area contributed by atoms with Crippen molar-refractivity contribution in [1.29, 1.82) is 0 Å². The van der Waals surface area contributed by atoms with Gasteiger partial charge in [-0.15, -0.1) is 0 Å². The number of fused-ring (bicyclic) bond motifs is 1. The number of para-hydroxylation sites is 1. The van der Waals surface area contributed by atoms with Crippen molar-refractivity contribution in [3.05, 3.63) is 69.9 Å². The van der Waals surface area contributed by atoms with Crippen molar-refractivity contribution in [3.63, 3.8) is 0 Å². The van der Waals surface area contributed by atoms with Gasteiger partial charge in [-0.25, -0.2) is 0 Å². The summed E-state index contributed by atoms with van der Waals surface area (Å²) < 4.78 is 6.06. The Labute approximate surface area is 168 Å². The van der Waals surface area contributed by atoms with Crippen molar-refractivity contribution in [1.82, 2.24) is 10.6 Å². The van der Waals surface area contributed by atoms with Gasteiger partial charge in [-0.2, -0.15) is 0 Å². The van der Waals surface area contributed by atoms with Crippen LogP contribution >= 0.6 is 0 Å². The zero-order chi connectivity index (χ0) is 21.0. The number of hydrogen-bond donors (Lipinski definition) is 2. The van der Waals surface area contributed by atoms with E-state index in [2.05, 4.69) is 10.6 Å². The number of rotatable bonds is 6. The Morgan fingerprint density at radius 2 is 1.66 bits per heavy atom. The highest BCUT2D eigenvalue weighted by molar-refractivity contribution is 6.05. The third kappa shape index (κ3) is 4.37. The smallest absolute Gasteiger partial charge is 0.255 e. The summed E-state index contributed by atoms with van der Waals surface area (Å²) in [6, 6.07) is 14.3. The minimum absolute atomic E-state index is 0.0709. The molecule has 0 unspecified atom stereocenters. The molecule has 6 nitrogen and oxygen atoms in total. The normalized spacial score (nSPS) is 10.9. The molecule has 0 radical (unpaired) electrons. The Morgan fingerprint density at radius 1 is 0.966 bits per heavy atom. The fourth-order valence-corrected chi connectivity index (χ4v) is 3.01. The Kier molecular flexibility index (Phi) is 6.12. The molecule has 6 heteroatoms. The largest absolute Gasteiger partial charge is 0.455 e. The molecule has 0 fully saturated rings. The van der Waals surface area contributed by atoms with Gasteiger partial charge < -0.3 is 15.1 Å². The predicted molar refractivity (Wildman–Crippen MR) is 113 cm³/mol. The quantitative estimate of drug-likeness (QED) is 0.630. The second-order valence-electron chi connectivity index (χ2n) is 7.14. The molecular formula is C23H24N2O4. The second-order valence-corrected chi connectivity index (χ2v) is 7.14. The number of carbonyl (C=O) groups is 2. The molecule has 1 aromatic heterocycles. The summed E-state index contributed by atoms with van der Waals surface area (Å²) >= 11 is 0. The van der Waals surface area contributed by atoms with Crippen molar-refractivity contribution in [2.45, 2.75) is 20.8 Å². The van der Waals surface area contributed by atoms with Crippen LogP contribution in [0, 0.1) is 12.8 Å². The highest BCUT2D eigenvalue weighted by atomic mass is 16.3. The van der Waals surface area contributed by atoms with Crippen LogP contribution in [0.25, 0.3) is 22.3 Å². The Morgan fingerprint density at radius 3 is 2.34 bits per heavy atom. The van der Waals surface area contributed by atoms with E-state index in [4.69, 9.17) is 4.42 Å². The first-order valence-electron chi connectivity index (χ1n) is 9.58. The van der Waals surface area contributed by atoms with E-state index in [-0.39, 0.29) is 40.9 Å². The standard InChI is InChI=1S/C23H24N2O4/c1-14(2)22(27)24-12-13-25-23(28)18-11-7-10-17-19(26)15(3)20(29-21(17)18)16-8-5-4-6-9-16/h4-11,14H,12-13H2,1-3H3,(H,24,27)(H,25,28). The van der Waals surface area contributed by atoms with Gasteiger partial charge in [0.2, 0.25) is 5.91 Å². The maximum atomic E-state index is 12.9. The van der Waals surface area contributed by atoms with E-state index in [1.807, 2.05) is 30.3 Å². The van der Waals surface area contributed by atoms with Crippen molar-refractivity contribution in [3.8, 4) is 11.3 Å². The van der Waals surface area contributed by atoms with Gasteiger partial charge in [0.05, 0.1) is 10.9 Å². The first kappa shape index (κ1) is 20.3. The van der Waals surface area contributed by atoms with Crippen LogP contribution in [0.3, 0.4) is 0 Å². The summed E-state index contributed by atoms with van der Waals surface area (Å²) in [4.78, 5) is 37.2. The van der Waals surface area contributed by atoms with E-state index in [1.165, 1.54) is 0 Å². The van der Waals surface area contributed by atoms with Crippen LogP contribution in [0.5, 0.6) is 0 Å². The molecule has 2 aromatic carbocycles. The molecule has 1 heterocycles. The molecule has 0 aliphatic heterocycles. The van der Waals surface area contributed by atoms with Gasteiger partial charge in [0, 0.05) is 30.1 Å². The minimum Gasteiger partial charge on any atom is -0.455 e. The van der Waals surface area contributed by atoms with E-state index < -0.39 is 0 Å². The minimum atomic E-state index is -0.361. The topological polar surface area (TPSA) is 88.4 Å². The van der Waals surface area contributed by atoms with Crippen LogP contribution in [-0.2, 0) is 4.79 Å². The number of hydrogen-bond acceptors (Lipinski definition) is 4. The van der Waals surface area contributed by atoms with Gasteiger partial charge in [-0.1, -0.05) is 50.2 Å². The molecule has 0 spiro atoms. The Hall–Kier alpha value is -3.41. The molecule has 0 atom stereocenters. The number of nitrogens with one attached hydrogen (secondary N) is 2. The summed E-state index contributed by atoms with van der Waals surface area (Å²) in [5, 5.41) is 5.87. The van der Waals surface area contributed by atoms with E-state index in [0.29, 0.717) is 23.3 Å². The lowest BCUT2D eigenvalue weighted by Gasteiger charge is -2.11. The molecule has 3 aromatic rings. The van der Waals surface area contributed by atoms with Crippen molar-refractivity contribution in [2.75, 3.05) is 13.1 Å². The summed E-state index contributed by atoms with van der Waals surface area (Å²) in [6.45, 7) is 5.93. The number of carbonyl (C=O) groups excluding carboxylic acids is 2. The van der Waals surface area contributed by atoms with Crippen LogP contribution in [0.2, 0.25) is 0 Å². The van der Waals surface area contributed by atoms with Crippen LogP contribution in [-0.4, -0.2) is 24.9 Å². The Balaban J connectivity index is 1.91. The first-order valence-corrected chi connectivity index (χ1v) is 9.58. The third-order valence-electron chi connectivity index (χ3n) is 4.66. The molecular weight excluding hydrogens is 368 g/mol. The molecule has 0 saturated heterocycles. The van der Waals surface area contributed by atoms with Crippen molar-refractivity contribution >= 4 is 22.8 Å². The zero-order valence-corrected chi connectivity index (χ0v) is 16.7. The molecule has 3 rings (SSSR count). The molecule has 2 amide bonds. The monoisotopic (exact) mass is 392 g/mol. The maximum absolute atomic E-state index is 12.9. The second kappa shape index (κ2) is 8.73. The van der Waals surface area contributed by atoms with Gasteiger partial charge in [-0.05, 0) is 19.1 Å². The third-order valence-corrected chi connectivity index (χ3v) is 4.66. The average Bonchev–Trinajstić information content (AvgIpc) is 2.73. The predicted octanol–water partition coefficient (Wildman–Crippen LogP) is 3.27. The fraction of sp³-hybridized carbons (Fsp3) is 0.261. The number of benzene rings is 2. The summed E-state index contributed by atoms with van der Waals surface area (Å²) in [5.41, 5.74) is 1.65. The molecule has 0 aliphatic carbocycles. The van der Waals surface area contributed by atoms with Gasteiger partial charge in [-0.3, -0.25) is 14.4 Å². The van der Waals surface area contributed by atoms with Crippen LogP contribution in [0.15, 0.2) is 57.7 Å². The van der Waals surface area contributed by atoms with Crippen LogP contribution in [0.1, 0.15) is 29.8 Å². The van der Waals surface area contributed by atoms with E-state index in [0.717, 1.165) is 5.56 Å². The van der Waals surface area contributed by atoms with Crippen molar-refractivity contribution in [2.24, 2.45) is 5.92 Å². The molecule has 0 saturated carbocycles. The molecule has 2 N–H and O–H groups in total. The lowest BCUT2D eigenvalue weighted by molar-refractivity contribution is -0.123. The van der Waals surface area contributed by atoms with E-state index >= 15 is 0 Å². The van der Waals surface area contributed by atoms with E-state index in [9.17, 15) is 14.4 Å². The van der Waals surface area contributed by atoms with Gasteiger partial charge in [0.1, 0.15) is 5.76 Å². The fourth-order valence-electron chi connectivity index (χ4n) is 3.01. The highest BCUT2D eigenvalue weighted by Crippen LogP contribution is 2.27. The zero-order valence-electron chi connectivity index (χ0n) is 16.7. The Bertz CT molecular complexity index is 1100. The summed E-state index contributed by atoms with van der Waals surface area (Å²) in [6.07, 6.45) is 0. The maximum Gasteiger partial charge on any atom is 0.255 e. The summed E-state index contributed by atoms with van der Waals surface area (Å²) in [5.74, 6) is -0.0935. The van der Waals surface area contributed by atoms with Gasteiger partial charge in [0.15, 0.2) is 11.0 Å². The SMILES string of the molecule is Cc1c(-c2ccccc2)oc2c(C(=O)NCCNC(=O)C(C)C)cccc2c1=O. The lowest BCUT2D eigenvalue weighted by atomic mass is 10.0. The lowest BCUT2D eigenvalue weighted by Crippen LogP contribution is -2.36. The molecule has 0 bridgehead atoms. The average molecular weight is 392 g/mol.